The van der Waals surface area contributed by atoms with E-state index >= 15 is 0 Å². The van der Waals surface area contributed by atoms with Gasteiger partial charge in [-0.15, -0.1) is 0 Å². The van der Waals surface area contributed by atoms with Crippen molar-refractivity contribution < 1.29 is 27.4 Å². The number of sulfonamides is 1. The van der Waals surface area contributed by atoms with Crippen molar-refractivity contribution in [1.29, 1.82) is 0 Å². The maximum absolute atomic E-state index is 13.1. The summed E-state index contributed by atoms with van der Waals surface area (Å²) in [7, 11) is -1.04. The van der Waals surface area contributed by atoms with Gasteiger partial charge in [0.25, 0.3) is 10.0 Å². The number of anilines is 1. The van der Waals surface area contributed by atoms with Crippen LogP contribution in [0, 0.1) is 0 Å². The number of aromatic nitrogens is 3. The maximum atomic E-state index is 13.1. The summed E-state index contributed by atoms with van der Waals surface area (Å²) in [6.07, 6.45) is 1.41. The van der Waals surface area contributed by atoms with E-state index in [-0.39, 0.29) is 34.8 Å². The average Bonchev–Trinajstić information content (AvgIpc) is 3.22. The second-order valence-electron chi connectivity index (χ2n) is 9.66. The zero-order valence-electron chi connectivity index (χ0n) is 21.4. The van der Waals surface area contributed by atoms with E-state index < -0.39 is 16.1 Å². The van der Waals surface area contributed by atoms with Crippen LogP contribution in [0.5, 0.6) is 11.8 Å². The highest BCUT2D eigenvalue weighted by Gasteiger charge is 2.37. The molecule has 0 radical (unpaired) electrons. The first kappa shape index (κ1) is 26.2. The molecule has 0 unspecified atom stereocenters. The third-order valence-electron chi connectivity index (χ3n) is 6.47. The molecule has 0 bridgehead atoms. The van der Waals surface area contributed by atoms with Crippen LogP contribution in [-0.2, 0) is 21.3 Å². The number of methoxy groups -OCH3 is 2. The summed E-state index contributed by atoms with van der Waals surface area (Å²) < 4.78 is 46.2. The predicted octanol–water partition coefficient (Wildman–Crippen LogP) is 2.14. The van der Waals surface area contributed by atoms with Gasteiger partial charge in [-0.25, -0.2) is 27.6 Å². The Morgan fingerprint density at radius 3 is 2.50 bits per heavy atom. The Balaban J connectivity index is 1.51. The molecule has 4 heterocycles. The van der Waals surface area contributed by atoms with Crippen LogP contribution in [0.25, 0.3) is 0 Å². The van der Waals surface area contributed by atoms with Gasteiger partial charge in [0.05, 0.1) is 43.4 Å². The van der Waals surface area contributed by atoms with Crippen LogP contribution in [0.2, 0.25) is 0 Å². The lowest BCUT2D eigenvalue weighted by Gasteiger charge is -2.44. The Bertz CT molecular complexity index is 1190. The number of ether oxygens (including phenoxy) is 3. The van der Waals surface area contributed by atoms with Crippen molar-refractivity contribution in [3.05, 3.63) is 23.5 Å². The van der Waals surface area contributed by atoms with Gasteiger partial charge in [0.1, 0.15) is 6.61 Å². The van der Waals surface area contributed by atoms with Crippen LogP contribution < -0.4 is 19.5 Å². The molecule has 2 aromatic rings. The lowest BCUT2D eigenvalue weighted by molar-refractivity contribution is -0.0687. The number of nitrogens with zero attached hydrogens (tertiary/aromatic N) is 4. The lowest BCUT2D eigenvalue weighted by atomic mass is 9.97. The Morgan fingerprint density at radius 1 is 1.17 bits per heavy atom. The normalized spacial score (nSPS) is 18.5. The molecular formula is C23H34N6O6S. The fraction of sp³-hybridized carbons (Fsp3) is 0.609. The number of pyridine rings is 1. The fourth-order valence-corrected chi connectivity index (χ4v) is 5.36. The number of hydrogen-bond donors (Lipinski definition) is 2. The summed E-state index contributed by atoms with van der Waals surface area (Å²) in [5.41, 5.74) is 1.86. The van der Waals surface area contributed by atoms with E-state index in [1.54, 1.807) is 13.2 Å². The fourth-order valence-electron chi connectivity index (χ4n) is 4.37. The predicted molar refractivity (Wildman–Crippen MR) is 132 cm³/mol. The molecule has 0 aromatic carbocycles. The van der Waals surface area contributed by atoms with E-state index in [4.69, 9.17) is 14.2 Å². The Morgan fingerprint density at radius 2 is 1.89 bits per heavy atom. The number of rotatable bonds is 8. The first-order valence-corrected chi connectivity index (χ1v) is 13.4. The Hall–Kier alpha value is -2.90. The number of urea groups is 1. The van der Waals surface area contributed by atoms with Crippen LogP contribution in [-0.4, -0.2) is 80.2 Å². The summed E-state index contributed by atoms with van der Waals surface area (Å²) in [5, 5.41) is 6.90. The van der Waals surface area contributed by atoms with Gasteiger partial charge in [0, 0.05) is 26.3 Å². The highest BCUT2D eigenvalue weighted by molar-refractivity contribution is 7.90. The molecule has 13 heteroatoms. The average molecular weight is 523 g/mol. The molecule has 2 aromatic heterocycles. The Labute approximate surface area is 211 Å². The zero-order valence-corrected chi connectivity index (χ0v) is 22.3. The summed E-state index contributed by atoms with van der Waals surface area (Å²) in [6.45, 7) is 10.2. The molecule has 36 heavy (non-hydrogen) atoms. The van der Waals surface area contributed by atoms with Crippen LogP contribution in [0.4, 0.5) is 10.5 Å². The first-order chi connectivity index (χ1) is 17.0. The zero-order chi connectivity index (χ0) is 26.2. The molecule has 2 amide bonds. The largest absolute Gasteiger partial charge is 0.481 e. The molecule has 0 spiro atoms. The topological polar surface area (TPSA) is 137 Å². The third-order valence-corrected chi connectivity index (χ3v) is 7.78. The molecule has 1 saturated heterocycles. The van der Waals surface area contributed by atoms with E-state index in [9.17, 15) is 13.2 Å². The van der Waals surface area contributed by atoms with Gasteiger partial charge in [0.15, 0.2) is 4.90 Å². The van der Waals surface area contributed by atoms with E-state index in [1.165, 1.54) is 18.0 Å². The molecule has 0 saturated carbocycles. The lowest BCUT2D eigenvalue weighted by Crippen LogP contribution is -2.59. The van der Waals surface area contributed by atoms with Gasteiger partial charge >= 0.3 is 6.03 Å². The van der Waals surface area contributed by atoms with E-state index in [0.29, 0.717) is 30.4 Å². The van der Waals surface area contributed by atoms with Gasteiger partial charge in [-0.1, -0.05) is 27.7 Å². The first-order valence-electron chi connectivity index (χ1n) is 11.9. The van der Waals surface area contributed by atoms with Crippen LogP contribution in [0.3, 0.4) is 0 Å². The summed E-state index contributed by atoms with van der Waals surface area (Å²) in [6, 6.07) is 0.916. The highest BCUT2D eigenvalue weighted by atomic mass is 32.2. The molecule has 198 valence electrons. The minimum atomic E-state index is -4.25. The minimum Gasteiger partial charge on any atom is -0.481 e. The highest BCUT2D eigenvalue weighted by Crippen LogP contribution is 2.34. The van der Waals surface area contributed by atoms with Gasteiger partial charge in [0.2, 0.25) is 11.8 Å². The van der Waals surface area contributed by atoms with Crippen LogP contribution >= 0.6 is 0 Å². The van der Waals surface area contributed by atoms with E-state index in [0.717, 1.165) is 18.7 Å². The van der Waals surface area contributed by atoms with Gasteiger partial charge < -0.3 is 19.5 Å². The molecule has 1 fully saturated rings. The Kier molecular flexibility index (Phi) is 7.43. The number of likely N-dealkylation sites (tertiary alicyclic amines) is 1. The van der Waals surface area contributed by atoms with Crippen LogP contribution in [0.1, 0.15) is 50.8 Å². The third kappa shape index (κ3) is 5.13. The monoisotopic (exact) mass is 522 g/mol. The van der Waals surface area contributed by atoms with Crippen molar-refractivity contribution in [2.24, 2.45) is 0 Å². The molecular weight excluding hydrogens is 488 g/mol. The standard InChI is InChI=1S/C23H34N6O6S/c1-13(2)17-7-19(34-6)25-20(14(3)4)21(17)26-23(30)27-36(31,32)18-8-24-29-9-15(12-35-22(18)29)28-10-16(11-28)33-5/h7-8,13-16H,9-12H2,1-6H3,(H2,26,27,30)/t15-/m0/s1. The number of amides is 2. The number of carbonyl (C=O) groups is 1. The van der Waals surface area contributed by atoms with Crippen molar-refractivity contribution in [2.45, 2.75) is 63.1 Å². The molecule has 2 N–H and O–H groups in total. The van der Waals surface area contributed by atoms with Crippen molar-refractivity contribution in [1.82, 2.24) is 24.4 Å². The molecule has 12 nitrogen and oxygen atoms in total. The number of hydrogen-bond acceptors (Lipinski definition) is 9. The van der Waals surface area contributed by atoms with Crippen molar-refractivity contribution in [2.75, 3.05) is 39.2 Å². The van der Waals surface area contributed by atoms with Crippen molar-refractivity contribution >= 4 is 21.7 Å². The van der Waals surface area contributed by atoms with Gasteiger partial charge in [-0.3, -0.25) is 4.90 Å². The SMILES string of the molecule is COc1cc(C(C)C)c(NC(=O)NS(=O)(=O)c2cnn3c2OC[C@@H](N2CC(OC)C2)C3)c(C(C)C)n1. The van der Waals surface area contributed by atoms with Crippen molar-refractivity contribution in [3.63, 3.8) is 0 Å². The quantitative estimate of drug-likeness (QED) is 0.534. The molecule has 4 rings (SSSR count). The number of fused-ring (bicyclic) bond motifs is 1. The molecule has 1 atom stereocenters. The smallest absolute Gasteiger partial charge is 0.333 e. The minimum absolute atomic E-state index is 0.0286. The van der Waals surface area contributed by atoms with Crippen LogP contribution in [0.15, 0.2) is 17.2 Å². The summed E-state index contributed by atoms with van der Waals surface area (Å²) in [5.74, 6) is 0.533. The van der Waals surface area contributed by atoms with Crippen molar-refractivity contribution in [3.8, 4) is 11.8 Å². The van der Waals surface area contributed by atoms with E-state index in [2.05, 4.69) is 25.0 Å². The second kappa shape index (κ2) is 10.2. The summed E-state index contributed by atoms with van der Waals surface area (Å²) >= 11 is 0. The molecule has 2 aliphatic rings. The molecule has 0 aliphatic carbocycles. The summed E-state index contributed by atoms with van der Waals surface area (Å²) in [4.78, 5) is 19.4. The van der Waals surface area contributed by atoms with E-state index in [1.807, 2.05) is 27.7 Å². The van der Waals surface area contributed by atoms with Gasteiger partial charge in [-0.2, -0.15) is 5.10 Å². The molecule has 2 aliphatic heterocycles. The number of carbonyl (C=O) groups excluding carboxylic acids is 1. The number of nitrogens with one attached hydrogen (secondary N) is 2. The second-order valence-corrected chi connectivity index (χ2v) is 11.3. The maximum Gasteiger partial charge on any atom is 0.333 e. The van der Waals surface area contributed by atoms with Gasteiger partial charge in [-0.05, 0) is 17.4 Å².